The van der Waals surface area contributed by atoms with Crippen LogP contribution in [0.3, 0.4) is 0 Å². The molecule has 0 amide bonds. The van der Waals surface area contributed by atoms with Crippen LogP contribution in [0.15, 0.2) is 162 Å². The Labute approximate surface area is 295 Å². The SMILES string of the molecule is c1ccc(-c2nc(-c3ccccc3)nc(-c3cccc4c3oc3cc5sc6cc(-n7c8ccccc8c8ccccc87)ccc6c5cc34)n2)cc1. The third-order valence-corrected chi connectivity index (χ3v) is 11.0. The fourth-order valence-corrected chi connectivity index (χ4v) is 8.65. The molecule has 11 rings (SSSR count). The predicted octanol–water partition coefficient (Wildman–Crippen LogP) is 12.2. The molecular weight excluding hydrogens is 645 g/mol. The Balaban J connectivity index is 1.08. The van der Waals surface area contributed by atoms with Crippen LogP contribution in [0.1, 0.15) is 0 Å². The first-order valence-electron chi connectivity index (χ1n) is 16.9. The molecule has 0 spiro atoms. The summed E-state index contributed by atoms with van der Waals surface area (Å²) in [5.41, 5.74) is 7.91. The minimum atomic E-state index is 0.581. The van der Waals surface area contributed by atoms with E-state index in [1.807, 2.05) is 66.7 Å². The fourth-order valence-electron chi connectivity index (χ4n) is 7.50. The van der Waals surface area contributed by atoms with Gasteiger partial charge in [0.1, 0.15) is 11.2 Å². The van der Waals surface area contributed by atoms with Crippen molar-refractivity contribution in [2.24, 2.45) is 0 Å². The van der Waals surface area contributed by atoms with Crippen molar-refractivity contribution in [1.82, 2.24) is 19.5 Å². The van der Waals surface area contributed by atoms with Crippen LogP contribution in [0.2, 0.25) is 0 Å². The number of benzene rings is 7. The minimum absolute atomic E-state index is 0.581. The topological polar surface area (TPSA) is 56.7 Å². The summed E-state index contributed by atoms with van der Waals surface area (Å²) in [4.78, 5) is 14.9. The van der Waals surface area contributed by atoms with E-state index in [0.717, 1.165) is 44.3 Å². The lowest BCUT2D eigenvalue weighted by Gasteiger charge is -2.08. The van der Waals surface area contributed by atoms with Crippen LogP contribution in [0.5, 0.6) is 0 Å². The fraction of sp³-hybridized carbons (Fsp3) is 0. The molecule has 0 aliphatic heterocycles. The molecule has 0 bridgehead atoms. The first-order chi connectivity index (χ1) is 25.3. The maximum atomic E-state index is 6.71. The summed E-state index contributed by atoms with van der Waals surface area (Å²) in [7, 11) is 0. The van der Waals surface area contributed by atoms with Crippen LogP contribution >= 0.6 is 11.3 Å². The molecule has 0 aliphatic rings. The van der Waals surface area contributed by atoms with Crippen molar-refractivity contribution in [2.75, 3.05) is 0 Å². The van der Waals surface area contributed by atoms with Crippen LogP contribution < -0.4 is 0 Å². The highest BCUT2D eigenvalue weighted by Crippen LogP contribution is 2.43. The zero-order valence-electron chi connectivity index (χ0n) is 27.1. The number of aromatic nitrogens is 4. The van der Waals surface area contributed by atoms with Gasteiger partial charge in [0, 0.05) is 58.5 Å². The molecule has 0 N–H and O–H groups in total. The van der Waals surface area contributed by atoms with Crippen molar-refractivity contribution < 1.29 is 4.42 Å². The Morgan fingerprint density at radius 1 is 0.431 bits per heavy atom. The van der Waals surface area contributed by atoms with Gasteiger partial charge in [-0.3, -0.25) is 0 Å². The molecule has 11 aromatic rings. The van der Waals surface area contributed by atoms with Crippen molar-refractivity contribution in [3.8, 4) is 39.9 Å². The predicted molar refractivity (Wildman–Crippen MR) is 211 cm³/mol. The molecule has 6 heteroatoms. The van der Waals surface area contributed by atoms with Gasteiger partial charge in [-0.15, -0.1) is 11.3 Å². The van der Waals surface area contributed by atoms with Crippen LogP contribution in [0, 0.1) is 0 Å². The first kappa shape index (κ1) is 28.2. The van der Waals surface area contributed by atoms with Crippen LogP contribution in [0.25, 0.3) is 104 Å². The number of furan rings is 1. The van der Waals surface area contributed by atoms with Crippen LogP contribution in [-0.4, -0.2) is 19.5 Å². The molecule has 0 fully saturated rings. The number of para-hydroxylation sites is 3. The van der Waals surface area contributed by atoms with Gasteiger partial charge in [-0.25, -0.2) is 15.0 Å². The highest BCUT2D eigenvalue weighted by molar-refractivity contribution is 7.25. The number of nitrogens with zero attached hydrogens (tertiary/aromatic N) is 4. The van der Waals surface area contributed by atoms with E-state index in [9.17, 15) is 0 Å². The number of hydrogen-bond acceptors (Lipinski definition) is 5. The zero-order valence-corrected chi connectivity index (χ0v) is 27.9. The second kappa shape index (κ2) is 10.9. The number of hydrogen-bond donors (Lipinski definition) is 0. The monoisotopic (exact) mass is 670 g/mol. The number of rotatable bonds is 4. The summed E-state index contributed by atoms with van der Waals surface area (Å²) in [5.74, 6) is 1.83. The maximum absolute atomic E-state index is 6.71. The summed E-state index contributed by atoms with van der Waals surface area (Å²) in [6, 6.07) is 55.0. The van der Waals surface area contributed by atoms with Gasteiger partial charge in [0.25, 0.3) is 0 Å². The molecule has 4 heterocycles. The van der Waals surface area contributed by atoms with E-state index in [4.69, 9.17) is 19.4 Å². The van der Waals surface area contributed by atoms with Gasteiger partial charge in [0.2, 0.25) is 0 Å². The smallest absolute Gasteiger partial charge is 0.167 e. The summed E-state index contributed by atoms with van der Waals surface area (Å²) < 4.78 is 11.5. The van der Waals surface area contributed by atoms with E-state index in [1.165, 1.54) is 42.0 Å². The molecule has 0 aliphatic carbocycles. The second-order valence-electron chi connectivity index (χ2n) is 12.8. The van der Waals surface area contributed by atoms with Gasteiger partial charge in [-0.05, 0) is 42.5 Å². The highest BCUT2D eigenvalue weighted by Gasteiger charge is 2.19. The van der Waals surface area contributed by atoms with Crippen molar-refractivity contribution in [3.63, 3.8) is 0 Å². The van der Waals surface area contributed by atoms with Gasteiger partial charge in [-0.2, -0.15) is 0 Å². The minimum Gasteiger partial charge on any atom is -0.455 e. The Morgan fingerprint density at radius 2 is 1.02 bits per heavy atom. The zero-order chi connectivity index (χ0) is 33.5. The van der Waals surface area contributed by atoms with E-state index in [0.29, 0.717) is 17.5 Å². The van der Waals surface area contributed by atoms with Gasteiger partial charge in [0.05, 0.1) is 16.6 Å². The second-order valence-corrected chi connectivity index (χ2v) is 13.9. The first-order valence-corrected chi connectivity index (χ1v) is 17.8. The van der Waals surface area contributed by atoms with E-state index >= 15 is 0 Å². The van der Waals surface area contributed by atoms with E-state index in [2.05, 4.69) is 95.6 Å². The van der Waals surface area contributed by atoms with Gasteiger partial charge >= 0.3 is 0 Å². The normalized spacial score (nSPS) is 11.9. The van der Waals surface area contributed by atoms with Crippen LogP contribution in [-0.2, 0) is 0 Å². The lowest BCUT2D eigenvalue weighted by Crippen LogP contribution is -2.00. The van der Waals surface area contributed by atoms with E-state index in [-0.39, 0.29) is 0 Å². The quantitative estimate of drug-likeness (QED) is 0.187. The average Bonchev–Trinajstić information content (AvgIpc) is 3.86. The molecule has 7 aromatic carbocycles. The Bertz CT molecular complexity index is 3030. The van der Waals surface area contributed by atoms with Crippen molar-refractivity contribution in [2.45, 2.75) is 0 Å². The molecule has 0 unspecified atom stereocenters. The molecule has 0 radical (unpaired) electrons. The molecule has 238 valence electrons. The maximum Gasteiger partial charge on any atom is 0.167 e. The van der Waals surface area contributed by atoms with Crippen molar-refractivity contribution in [3.05, 3.63) is 158 Å². The molecule has 51 heavy (non-hydrogen) atoms. The summed E-state index contributed by atoms with van der Waals surface area (Å²) in [6.07, 6.45) is 0. The molecular formula is C45H26N4OS. The molecule has 0 saturated heterocycles. The Hall–Kier alpha value is -6.63. The molecule has 4 aromatic heterocycles. The highest BCUT2D eigenvalue weighted by atomic mass is 32.1. The Morgan fingerprint density at radius 3 is 1.71 bits per heavy atom. The number of fused-ring (bicyclic) bond motifs is 9. The van der Waals surface area contributed by atoms with E-state index in [1.54, 1.807) is 11.3 Å². The van der Waals surface area contributed by atoms with Gasteiger partial charge < -0.3 is 8.98 Å². The van der Waals surface area contributed by atoms with Crippen molar-refractivity contribution >= 4 is 75.3 Å². The third-order valence-electron chi connectivity index (χ3n) is 9.85. The summed E-state index contributed by atoms with van der Waals surface area (Å²) in [5, 5.41) is 7.10. The van der Waals surface area contributed by atoms with Crippen molar-refractivity contribution in [1.29, 1.82) is 0 Å². The largest absolute Gasteiger partial charge is 0.455 e. The average molecular weight is 671 g/mol. The molecule has 0 atom stereocenters. The lowest BCUT2D eigenvalue weighted by molar-refractivity contribution is 0.670. The number of thiophene rings is 1. The van der Waals surface area contributed by atoms with E-state index < -0.39 is 0 Å². The standard InChI is InChI=1S/C45H26N4OS/c1-3-12-27(13-4-1)43-46-44(28-14-5-2-6-15-28)48-45(47-43)34-19-11-18-33-35-25-36-32-23-22-29(24-40(32)51-41(36)26-39(35)50-42(33)34)49-37-20-9-7-16-30(37)31-17-8-10-21-38(31)49/h1-26H. The molecule has 5 nitrogen and oxygen atoms in total. The third kappa shape index (κ3) is 4.37. The molecule has 0 saturated carbocycles. The lowest BCUT2D eigenvalue weighted by atomic mass is 10.1. The van der Waals surface area contributed by atoms with Gasteiger partial charge in [0.15, 0.2) is 17.5 Å². The summed E-state index contributed by atoms with van der Waals surface area (Å²) in [6.45, 7) is 0. The summed E-state index contributed by atoms with van der Waals surface area (Å²) >= 11 is 1.80. The van der Waals surface area contributed by atoms with Crippen LogP contribution in [0.4, 0.5) is 0 Å². The van der Waals surface area contributed by atoms with Gasteiger partial charge in [-0.1, -0.05) is 115 Å². The Kier molecular flexibility index (Phi) is 6.05.